The van der Waals surface area contributed by atoms with Gasteiger partial charge >= 0.3 is 0 Å². The molecule has 0 aliphatic heterocycles. The third kappa shape index (κ3) is 2.98. The van der Waals surface area contributed by atoms with Gasteiger partial charge in [0.2, 0.25) is 0 Å². The number of hydrogen-bond acceptors (Lipinski definition) is 3. The van der Waals surface area contributed by atoms with Gasteiger partial charge in [-0.05, 0) is 18.2 Å². The molecule has 2 rings (SSSR count). The van der Waals surface area contributed by atoms with Crippen LogP contribution in [0.5, 0.6) is 0 Å². The predicted molar refractivity (Wildman–Crippen MR) is 72.1 cm³/mol. The number of nitriles is 1. The van der Waals surface area contributed by atoms with Crippen LogP contribution in [-0.4, -0.2) is 9.73 Å². The number of benzene rings is 1. The first kappa shape index (κ1) is 11.9. The molecule has 0 radical (unpaired) electrons. The van der Waals surface area contributed by atoms with Gasteiger partial charge in [-0.1, -0.05) is 26.8 Å². The Morgan fingerprint density at radius 3 is 2.65 bits per heavy atom. The molecule has 0 fully saturated rings. The van der Waals surface area contributed by atoms with Crippen LogP contribution < -0.4 is 0 Å². The summed E-state index contributed by atoms with van der Waals surface area (Å²) in [5, 5.41) is 9.83. The van der Waals surface area contributed by atoms with Crippen molar-refractivity contribution in [1.82, 2.24) is 4.98 Å². The van der Waals surface area contributed by atoms with E-state index in [0.717, 1.165) is 10.9 Å². The molecule has 2 aromatic rings. The van der Waals surface area contributed by atoms with Crippen molar-refractivity contribution in [2.45, 2.75) is 30.4 Å². The average Bonchev–Trinajstić information content (AvgIpc) is 2.26. The lowest BCUT2D eigenvalue weighted by Crippen LogP contribution is -2.06. The van der Waals surface area contributed by atoms with E-state index in [2.05, 4.69) is 44.0 Å². The molecule has 17 heavy (non-hydrogen) atoms. The van der Waals surface area contributed by atoms with Crippen molar-refractivity contribution in [3.05, 3.63) is 36.0 Å². The topological polar surface area (TPSA) is 36.7 Å². The molecule has 0 bridgehead atoms. The predicted octanol–water partition coefficient (Wildman–Crippen LogP) is 4.00. The van der Waals surface area contributed by atoms with Gasteiger partial charge in [-0.3, -0.25) is 4.98 Å². The van der Waals surface area contributed by atoms with E-state index in [9.17, 15) is 0 Å². The zero-order valence-electron chi connectivity index (χ0n) is 10.2. The highest BCUT2D eigenvalue weighted by Crippen LogP contribution is 2.33. The van der Waals surface area contributed by atoms with E-state index in [1.54, 1.807) is 6.20 Å². The van der Waals surface area contributed by atoms with Gasteiger partial charge in [-0.25, -0.2) is 0 Å². The molecule has 0 saturated carbocycles. The molecule has 0 aliphatic rings. The summed E-state index contributed by atoms with van der Waals surface area (Å²) in [7, 11) is 0. The van der Waals surface area contributed by atoms with Crippen LogP contribution >= 0.6 is 11.8 Å². The standard InChI is InChI=1S/C14H14N2S/c1-14(2,3)17-12-5-4-11-6-10(8-15)9-16-13(11)7-12/h4-7,9H,1-3H3. The number of nitrogens with zero attached hydrogens (tertiary/aromatic N) is 2. The third-order valence-electron chi connectivity index (χ3n) is 2.21. The summed E-state index contributed by atoms with van der Waals surface area (Å²) < 4.78 is 0.195. The summed E-state index contributed by atoms with van der Waals surface area (Å²) in [5.41, 5.74) is 1.55. The first-order valence-corrected chi connectivity index (χ1v) is 6.28. The summed E-state index contributed by atoms with van der Waals surface area (Å²) in [6, 6.07) is 10.2. The fourth-order valence-electron chi connectivity index (χ4n) is 1.58. The Morgan fingerprint density at radius 1 is 1.24 bits per heavy atom. The minimum absolute atomic E-state index is 0.195. The number of thioether (sulfide) groups is 1. The quantitative estimate of drug-likeness (QED) is 0.709. The smallest absolute Gasteiger partial charge is 0.101 e. The van der Waals surface area contributed by atoms with Crippen molar-refractivity contribution in [3.8, 4) is 6.07 Å². The van der Waals surface area contributed by atoms with E-state index < -0.39 is 0 Å². The van der Waals surface area contributed by atoms with Crippen molar-refractivity contribution < 1.29 is 0 Å². The minimum Gasteiger partial charge on any atom is -0.255 e. The SMILES string of the molecule is CC(C)(C)Sc1ccc2cc(C#N)cnc2c1. The van der Waals surface area contributed by atoms with Crippen LogP contribution in [0.15, 0.2) is 35.4 Å². The van der Waals surface area contributed by atoms with E-state index in [1.165, 1.54) is 4.90 Å². The molecule has 3 heteroatoms. The Bertz CT molecular complexity index is 591. The molecular weight excluding hydrogens is 228 g/mol. The summed E-state index contributed by atoms with van der Waals surface area (Å²) in [6.45, 7) is 6.57. The summed E-state index contributed by atoms with van der Waals surface area (Å²) in [5.74, 6) is 0. The van der Waals surface area contributed by atoms with Crippen molar-refractivity contribution in [2.24, 2.45) is 0 Å². The second-order valence-corrected chi connectivity index (χ2v) is 6.81. The molecule has 1 aromatic carbocycles. The number of aromatic nitrogens is 1. The Morgan fingerprint density at radius 2 is 2.00 bits per heavy atom. The van der Waals surface area contributed by atoms with Crippen LogP contribution in [0.25, 0.3) is 10.9 Å². The maximum atomic E-state index is 8.81. The van der Waals surface area contributed by atoms with Gasteiger partial charge in [0.15, 0.2) is 0 Å². The first-order valence-electron chi connectivity index (χ1n) is 5.47. The van der Waals surface area contributed by atoms with Crippen molar-refractivity contribution in [2.75, 3.05) is 0 Å². The Labute approximate surface area is 106 Å². The normalized spacial score (nSPS) is 11.4. The van der Waals surface area contributed by atoms with E-state index in [-0.39, 0.29) is 4.75 Å². The Kier molecular flexibility index (Phi) is 3.08. The molecule has 0 atom stereocenters. The van der Waals surface area contributed by atoms with Crippen LogP contribution in [0.3, 0.4) is 0 Å². The van der Waals surface area contributed by atoms with Crippen LogP contribution in [0.4, 0.5) is 0 Å². The lowest BCUT2D eigenvalue weighted by molar-refractivity contribution is 0.803. The van der Waals surface area contributed by atoms with Crippen LogP contribution in [-0.2, 0) is 0 Å². The van der Waals surface area contributed by atoms with Crippen LogP contribution in [0.1, 0.15) is 26.3 Å². The Balaban J connectivity index is 2.42. The summed E-state index contributed by atoms with van der Waals surface area (Å²) >= 11 is 1.82. The highest BCUT2D eigenvalue weighted by molar-refractivity contribution is 8.00. The number of hydrogen-bond donors (Lipinski definition) is 0. The molecule has 86 valence electrons. The van der Waals surface area contributed by atoms with E-state index >= 15 is 0 Å². The minimum atomic E-state index is 0.195. The zero-order chi connectivity index (χ0) is 12.5. The third-order valence-corrected chi connectivity index (χ3v) is 3.31. The van der Waals surface area contributed by atoms with E-state index in [0.29, 0.717) is 5.56 Å². The van der Waals surface area contributed by atoms with E-state index in [4.69, 9.17) is 5.26 Å². The first-order chi connectivity index (χ1) is 7.98. The largest absolute Gasteiger partial charge is 0.255 e. The molecule has 0 unspecified atom stereocenters. The van der Waals surface area contributed by atoms with E-state index in [1.807, 2.05) is 23.9 Å². The molecule has 0 aliphatic carbocycles. The second-order valence-electron chi connectivity index (χ2n) is 4.90. The number of rotatable bonds is 1. The van der Waals surface area contributed by atoms with Crippen LogP contribution in [0.2, 0.25) is 0 Å². The van der Waals surface area contributed by atoms with Gasteiger partial charge in [0, 0.05) is 21.2 Å². The fraction of sp³-hybridized carbons (Fsp3) is 0.286. The molecular formula is C14H14N2S. The van der Waals surface area contributed by atoms with Gasteiger partial charge in [0.05, 0.1) is 11.1 Å². The van der Waals surface area contributed by atoms with Crippen molar-refractivity contribution in [3.63, 3.8) is 0 Å². The number of fused-ring (bicyclic) bond motifs is 1. The molecule has 1 heterocycles. The molecule has 1 aromatic heterocycles. The maximum absolute atomic E-state index is 8.81. The molecule has 0 spiro atoms. The van der Waals surface area contributed by atoms with Gasteiger partial charge in [-0.2, -0.15) is 5.26 Å². The van der Waals surface area contributed by atoms with Crippen molar-refractivity contribution >= 4 is 22.7 Å². The summed E-state index contributed by atoms with van der Waals surface area (Å²) in [6.07, 6.45) is 1.62. The Hall–Kier alpha value is -1.53. The molecule has 2 nitrogen and oxygen atoms in total. The van der Waals surface area contributed by atoms with Gasteiger partial charge in [-0.15, -0.1) is 11.8 Å². The maximum Gasteiger partial charge on any atom is 0.101 e. The molecule has 0 saturated heterocycles. The highest BCUT2D eigenvalue weighted by atomic mass is 32.2. The van der Waals surface area contributed by atoms with Gasteiger partial charge < -0.3 is 0 Å². The summed E-state index contributed by atoms with van der Waals surface area (Å²) in [4.78, 5) is 5.52. The molecule has 0 N–H and O–H groups in total. The fourth-order valence-corrected chi connectivity index (χ4v) is 2.59. The average molecular weight is 242 g/mol. The lowest BCUT2D eigenvalue weighted by Gasteiger charge is -2.17. The van der Waals surface area contributed by atoms with Crippen molar-refractivity contribution in [1.29, 1.82) is 5.26 Å². The van der Waals surface area contributed by atoms with Gasteiger partial charge in [0.25, 0.3) is 0 Å². The van der Waals surface area contributed by atoms with Gasteiger partial charge in [0.1, 0.15) is 6.07 Å². The van der Waals surface area contributed by atoms with Crippen LogP contribution in [0, 0.1) is 11.3 Å². The monoisotopic (exact) mass is 242 g/mol. The number of pyridine rings is 1. The second kappa shape index (κ2) is 4.38. The zero-order valence-corrected chi connectivity index (χ0v) is 11.0. The lowest BCUT2D eigenvalue weighted by atomic mass is 10.2. The highest BCUT2D eigenvalue weighted by Gasteiger charge is 2.12. The molecule has 0 amide bonds.